The quantitative estimate of drug-likeness (QED) is 0.728. The molecule has 1 atom stereocenters. The first kappa shape index (κ1) is 17.0. The first-order valence-electron chi connectivity index (χ1n) is 7.52. The maximum atomic E-state index is 11.7. The van der Waals surface area contributed by atoms with E-state index in [2.05, 4.69) is 5.32 Å². The van der Waals surface area contributed by atoms with Gasteiger partial charge in [0, 0.05) is 13.0 Å². The molecule has 0 saturated carbocycles. The van der Waals surface area contributed by atoms with Crippen molar-refractivity contribution in [1.29, 1.82) is 0 Å². The van der Waals surface area contributed by atoms with Crippen LogP contribution in [-0.4, -0.2) is 29.9 Å². The Morgan fingerprint density at radius 2 is 1.61 bits per heavy atom. The molecule has 0 fully saturated rings. The van der Waals surface area contributed by atoms with Gasteiger partial charge in [0.1, 0.15) is 6.61 Å². The van der Waals surface area contributed by atoms with Crippen molar-refractivity contribution in [2.24, 2.45) is 5.73 Å². The molecule has 0 radical (unpaired) electrons. The van der Waals surface area contributed by atoms with Gasteiger partial charge < -0.3 is 20.9 Å². The molecule has 122 valence electrons. The summed E-state index contributed by atoms with van der Waals surface area (Å²) in [6.45, 7) is 0.263. The Labute approximate surface area is 136 Å². The summed E-state index contributed by atoms with van der Waals surface area (Å²) in [4.78, 5) is 11.7. The number of benzene rings is 2. The minimum Gasteiger partial charge on any atom is -0.445 e. The molecule has 2 aromatic rings. The monoisotopic (exact) mass is 314 g/mol. The maximum Gasteiger partial charge on any atom is 0.407 e. The van der Waals surface area contributed by atoms with E-state index >= 15 is 0 Å². The second kappa shape index (κ2) is 8.31. The number of ether oxygens (including phenoxy) is 1. The van der Waals surface area contributed by atoms with Crippen LogP contribution in [-0.2, 0) is 17.8 Å². The van der Waals surface area contributed by atoms with Crippen LogP contribution in [0.1, 0.15) is 11.1 Å². The molecule has 1 amide bonds. The Morgan fingerprint density at radius 1 is 1.04 bits per heavy atom. The molecule has 0 aliphatic carbocycles. The predicted octanol–water partition coefficient (Wildman–Crippen LogP) is 1.85. The van der Waals surface area contributed by atoms with Gasteiger partial charge >= 0.3 is 6.09 Å². The second-order valence-electron chi connectivity index (χ2n) is 5.51. The minimum atomic E-state index is -1.20. The predicted molar refractivity (Wildman–Crippen MR) is 88.8 cm³/mol. The van der Waals surface area contributed by atoms with Crippen LogP contribution in [0.3, 0.4) is 0 Å². The van der Waals surface area contributed by atoms with Crippen molar-refractivity contribution in [3.8, 4) is 0 Å². The molecule has 0 spiro atoms. The van der Waals surface area contributed by atoms with Crippen molar-refractivity contribution in [1.82, 2.24) is 5.32 Å². The number of nitrogens with one attached hydrogen (secondary N) is 1. The van der Waals surface area contributed by atoms with Gasteiger partial charge in [0.25, 0.3) is 0 Å². The summed E-state index contributed by atoms with van der Waals surface area (Å²) in [5, 5.41) is 13.1. The zero-order valence-electron chi connectivity index (χ0n) is 12.9. The van der Waals surface area contributed by atoms with E-state index < -0.39 is 11.7 Å². The lowest BCUT2D eigenvalue weighted by molar-refractivity contribution is 0.0462. The van der Waals surface area contributed by atoms with Gasteiger partial charge in [-0.3, -0.25) is 0 Å². The van der Waals surface area contributed by atoms with Crippen molar-refractivity contribution in [2.75, 3.05) is 13.1 Å². The van der Waals surface area contributed by atoms with E-state index in [1.807, 2.05) is 60.7 Å². The van der Waals surface area contributed by atoms with Crippen LogP contribution in [0, 0.1) is 0 Å². The molecule has 0 aliphatic heterocycles. The largest absolute Gasteiger partial charge is 0.445 e. The smallest absolute Gasteiger partial charge is 0.407 e. The normalized spacial score (nSPS) is 13.1. The fourth-order valence-corrected chi connectivity index (χ4v) is 2.19. The standard InChI is InChI=1S/C18H22N2O3/c19-13-18(22,11-15-7-3-1-4-8-15)14-20-17(21)23-12-16-9-5-2-6-10-16/h1-10,22H,11-14,19H2,(H,20,21)/t18-/m1/s1. The molecule has 23 heavy (non-hydrogen) atoms. The summed E-state index contributed by atoms with van der Waals surface area (Å²) in [5.41, 5.74) is 6.32. The number of hydrogen-bond donors (Lipinski definition) is 3. The summed E-state index contributed by atoms with van der Waals surface area (Å²) in [5.74, 6) is 0. The molecule has 0 saturated heterocycles. The number of amides is 1. The van der Waals surface area contributed by atoms with Gasteiger partial charge in [-0.05, 0) is 11.1 Å². The Kier molecular flexibility index (Phi) is 6.14. The van der Waals surface area contributed by atoms with Gasteiger partial charge in [0.2, 0.25) is 0 Å². The van der Waals surface area contributed by atoms with Crippen LogP contribution < -0.4 is 11.1 Å². The highest BCUT2D eigenvalue weighted by molar-refractivity contribution is 5.67. The van der Waals surface area contributed by atoms with Gasteiger partial charge in [-0.25, -0.2) is 4.79 Å². The molecule has 5 heteroatoms. The Hall–Kier alpha value is -2.37. The van der Waals surface area contributed by atoms with E-state index in [1.165, 1.54) is 0 Å². The van der Waals surface area contributed by atoms with E-state index in [-0.39, 0.29) is 19.7 Å². The molecule has 0 bridgehead atoms. The Morgan fingerprint density at radius 3 is 2.17 bits per heavy atom. The van der Waals surface area contributed by atoms with Crippen LogP contribution in [0.15, 0.2) is 60.7 Å². The molecule has 0 aromatic heterocycles. The van der Waals surface area contributed by atoms with Crippen LogP contribution in [0.2, 0.25) is 0 Å². The lowest BCUT2D eigenvalue weighted by Gasteiger charge is -2.26. The van der Waals surface area contributed by atoms with E-state index in [9.17, 15) is 9.90 Å². The summed E-state index contributed by atoms with van der Waals surface area (Å²) in [6, 6.07) is 18.9. The number of rotatable bonds is 7. The Balaban J connectivity index is 1.81. The van der Waals surface area contributed by atoms with Gasteiger partial charge in [-0.2, -0.15) is 0 Å². The molecular formula is C18H22N2O3. The zero-order chi connectivity index (χ0) is 16.5. The zero-order valence-corrected chi connectivity index (χ0v) is 12.9. The van der Waals surface area contributed by atoms with Crippen LogP contribution >= 0.6 is 0 Å². The third kappa shape index (κ3) is 5.73. The van der Waals surface area contributed by atoms with E-state index in [1.54, 1.807) is 0 Å². The molecule has 0 aliphatic rings. The van der Waals surface area contributed by atoms with E-state index in [0.29, 0.717) is 6.42 Å². The van der Waals surface area contributed by atoms with Gasteiger partial charge in [0.15, 0.2) is 0 Å². The fraction of sp³-hybridized carbons (Fsp3) is 0.278. The Bertz CT molecular complexity index is 604. The maximum absolute atomic E-state index is 11.7. The second-order valence-corrected chi connectivity index (χ2v) is 5.51. The van der Waals surface area contributed by atoms with Gasteiger partial charge in [-0.15, -0.1) is 0 Å². The van der Waals surface area contributed by atoms with E-state index in [4.69, 9.17) is 10.5 Å². The summed E-state index contributed by atoms with van der Waals surface area (Å²) >= 11 is 0. The summed E-state index contributed by atoms with van der Waals surface area (Å²) in [6.07, 6.45) is -0.211. The molecule has 5 nitrogen and oxygen atoms in total. The number of nitrogens with two attached hydrogens (primary N) is 1. The van der Waals surface area contributed by atoms with E-state index in [0.717, 1.165) is 11.1 Å². The highest BCUT2D eigenvalue weighted by Gasteiger charge is 2.26. The molecule has 0 unspecified atom stereocenters. The number of aliphatic hydroxyl groups is 1. The van der Waals surface area contributed by atoms with Crippen molar-refractivity contribution in [2.45, 2.75) is 18.6 Å². The van der Waals surface area contributed by atoms with Crippen LogP contribution in [0.5, 0.6) is 0 Å². The van der Waals surface area contributed by atoms with Crippen molar-refractivity contribution in [3.63, 3.8) is 0 Å². The van der Waals surface area contributed by atoms with Crippen LogP contribution in [0.25, 0.3) is 0 Å². The van der Waals surface area contributed by atoms with Gasteiger partial charge in [-0.1, -0.05) is 60.7 Å². The number of hydrogen-bond acceptors (Lipinski definition) is 4. The van der Waals surface area contributed by atoms with Gasteiger partial charge in [0.05, 0.1) is 12.1 Å². The summed E-state index contributed by atoms with van der Waals surface area (Å²) < 4.78 is 5.12. The average Bonchev–Trinajstić information content (AvgIpc) is 2.60. The lowest BCUT2D eigenvalue weighted by atomic mass is 9.94. The highest BCUT2D eigenvalue weighted by atomic mass is 16.5. The third-order valence-corrected chi connectivity index (χ3v) is 3.53. The molecular weight excluding hydrogens is 292 g/mol. The highest BCUT2D eigenvalue weighted by Crippen LogP contribution is 2.12. The SMILES string of the molecule is NC[C@@](O)(CNC(=O)OCc1ccccc1)Cc1ccccc1. The molecule has 0 heterocycles. The number of carbonyl (C=O) groups excluding carboxylic acids is 1. The summed E-state index contributed by atoms with van der Waals surface area (Å²) in [7, 11) is 0. The number of alkyl carbamates (subject to hydrolysis) is 1. The first-order chi connectivity index (χ1) is 11.1. The average molecular weight is 314 g/mol. The van der Waals surface area contributed by atoms with Crippen molar-refractivity contribution in [3.05, 3.63) is 71.8 Å². The lowest BCUT2D eigenvalue weighted by Crippen LogP contribution is -2.50. The van der Waals surface area contributed by atoms with Crippen molar-refractivity contribution >= 4 is 6.09 Å². The van der Waals surface area contributed by atoms with Crippen molar-refractivity contribution < 1.29 is 14.6 Å². The first-order valence-corrected chi connectivity index (χ1v) is 7.52. The molecule has 4 N–H and O–H groups in total. The minimum absolute atomic E-state index is 0.0337. The van der Waals surface area contributed by atoms with Crippen LogP contribution in [0.4, 0.5) is 4.79 Å². The number of carbonyl (C=O) groups is 1. The third-order valence-electron chi connectivity index (χ3n) is 3.53. The molecule has 2 rings (SSSR count). The fourth-order valence-electron chi connectivity index (χ4n) is 2.19. The topological polar surface area (TPSA) is 84.6 Å². The molecule has 2 aromatic carbocycles.